The zero-order valence-electron chi connectivity index (χ0n) is 24.1. The third-order valence-electron chi connectivity index (χ3n) is 14.7. The number of allylic oxidation sites excluding steroid dienone is 1. The molecule has 0 bridgehead atoms. The fraction of sp³-hybridized carbons (Fsp3) is 0.903. The Kier molecular flexibility index (Phi) is 5.68. The van der Waals surface area contributed by atoms with Crippen molar-refractivity contribution in [2.75, 3.05) is 0 Å². The second-order valence-electron chi connectivity index (χ2n) is 15.5. The van der Waals surface area contributed by atoms with E-state index in [-0.39, 0.29) is 22.7 Å². The Balaban J connectivity index is 1.70. The fourth-order valence-electron chi connectivity index (χ4n) is 11.1. The molecular formula is C31H50O6. The van der Waals surface area contributed by atoms with Crippen molar-refractivity contribution in [2.24, 2.45) is 50.2 Å². The molecule has 4 fully saturated rings. The molecule has 0 aromatic rings. The Morgan fingerprint density at radius 3 is 2.11 bits per heavy atom. The molecule has 5 aliphatic rings. The second-order valence-corrected chi connectivity index (χ2v) is 15.5. The summed E-state index contributed by atoms with van der Waals surface area (Å²) in [6.07, 6.45) is 3.85. The lowest BCUT2D eigenvalue weighted by atomic mass is 9.29. The van der Waals surface area contributed by atoms with Gasteiger partial charge in [0.05, 0.1) is 23.2 Å². The molecule has 12 atom stereocenters. The number of fused-ring (bicyclic) bond motifs is 7. The summed E-state index contributed by atoms with van der Waals surface area (Å²) < 4.78 is 0. The van der Waals surface area contributed by atoms with Gasteiger partial charge < -0.3 is 25.5 Å². The van der Waals surface area contributed by atoms with Crippen LogP contribution in [0.25, 0.3) is 0 Å². The maximum Gasteiger partial charge on any atom is 0.310 e. The number of aliphatic hydroxyl groups excluding tert-OH is 3. The van der Waals surface area contributed by atoms with E-state index in [2.05, 4.69) is 33.8 Å². The van der Waals surface area contributed by atoms with Crippen LogP contribution in [0.2, 0.25) is 0 Å². The highest BCUT2D eigenvalue weighted by molar-refractivity contribution is 5.77. The molecule has 0 saturated heterocycles. The molecule has 4 saturated carbocycles. The predicted molar refractivity (Wildman–Crippen MR) is 141 cm³/mol. The predicted octanol–water partition coefficient (Wildman–Crippen LogP) is 4.54. The molecule has 6 nitrogen and oxygen atoms in total. The number of hydrogen-bond acceptors (Lipinski definition) is 5. The summed E-state index contributed by atoms with van der Waals surface area (Å²) in [4.78, 5) is 12.9. The summed E-state index contributed by atoms with van der Waals surface area (Å²) in [6.45, 7) is 16.9. The molecule has 210 valence electrons. The minimum atomic E-state index is -1.22. The lowest BCUT2D eigenvalue weighted by molar-refractivity contribution is -0.316. The van der Waals surface area contributed by atoms with E-state index in [1.165, 1.54) is 0 Å². The topological polar surface area (TPSA) is 118 Å². The van der Waals surface area contributed by atoms with Gasteiger partial charge in [0.15, 0.2) is 0 Å². The monoisotopic (exact) mass is 518 g/mol. The van der Waals surface area contributed by atoms with E-state index in [1.807, 2.05) is 27.7 Å². The first-order valence-electron chi connectivity index (χ1n) is 14.5. The number of carboxylic acids is 1. The molecule has 0 aromatic heterocycles. The summed E-state index contributed by atoms with van der Waals surface area (Å²) in [6, 6.07) is 0. The van der Waals surface area contributed by atoms with E-state index in [9.17, 15) is 30.3 Å². The Hall–Kier alpha value is -0.950. The lowest BCUT2D eigenvalue weighted by Gasteiger charge is -2.76. The van der Waals surface area contributed by atoms with E-state index >= 15 is 0 Å². The van der Waals surface area contributed by atoms with Crippen molar-refractivity contribution in [3.05, 3.63) is 11.6 Å². The molecule has 0 radical (unpaired) electrons. The molecule has 0 amide bonds. The quantitative estimate of drug-likeness (QED) is 0.325. The second kappa shape index (κ2) is 7.62. The van der Waals surface area contributed by atoms with Gasteiger partial charge >= 0.3 is 5.97 Å². The van der Waals surface area contributed by atoms with Crippen LogP contribution in [-0.4, -0.2) is 55.4 Å². The number of hydrogen-bond donors (Lipinski definition) is 5. The summed E-state index contributed by atoms with van der Waals surface area (Å²) in [5, 5.41) is 56.4. The molecule has 5 aliphatic carbocycles. The van der Waals surface area contributed by atoms with Crippen LogP contribution in [-0.2, 0) is 4.79 Å². The zero-order chi connectivity index (χ0) is 27.8. The van der Waals surface area contributed by atoms with E-state index in [0.29, 0.717) is 25.7 Å². The number of carbonyl (C=O) groups is 1. The number of aliphatic carboxylic acids is 1. The van der Waals surface area contributed by atoms with Gasteiger partial charge in [-0.2, -0.15) is 0 Å². The Bertz CT molecular complexity index is 1030. The Morgan fingerprint density at radius 1 is 0.892 bits per heavy atom. The van der Waals surface area contributed by atoms with Gasteiger partial charge in [-0.15, -0.1) is 0 Å². The van der Waals surface area contributed by atoms with Gasteiger partial charge in [0.1, 0.15) is 6.10 Å². The summed E-state index contributed by atoms with van der Waals surface area (Å²) >= 11 is 0. The van der Waals surface area contributed by atoms with Crippen LogP contribution in [0.5, 0.6) is 0 Å². The molecular weight excluding hydrogens is 468 g/mol. The van der Waals surface area contributed by atoms with Gasteiger partial charge in [-0.3, -0.25) is 4.79 Å². The summed E-state index contributed by atoms with van der Waals surface area (Å²) in [5.41, 5.74) is -3.22. The number of rotatable bonds is 1. The maximum atomic E-state index is 12.9. The van der Waals surface area contributed by atoms with Gasteiger partial charge in [-0.05, 0) is 85.4 Å². The van der Waals surface area contributed by atoms with Crippen LogP contribution in [0.1, 0.15) is 100 Å². The summed E-state index contributed by atoms with van der Waals surface area (Å²) in [7, 11) is 0. The first kappa shape index (κ1) is 27.6. The highest BCUT2D eigenvalue weighted by Crippen LogP contribution is 2.78. The molecule has 0 aromatic carbocycles. The minimum Gasteiger partial charge on any atom is -0.481 e. The van der Waals surface area contributed by atoms with Gasteiger partial charge in [0.2, 0.25) is 0 Å². The van der Waals surface area contributed by atoms with Crippen LogP contribution in [0, 0.1) is 50.2 Å². The molecule has 0 heterocycles. The third kappa shape index (κ3) is 2.79. The van der Waals surface area contributed by atoms with E-state index < -0.39 is 57.5 Å². The number of aliphatic hydroxyl groups is 4. The molecule has 6 heteroatoms. The van der Waals surface area contributed by atoms with E-state index in [1.54, 1.807) is 0 Å². The maximum absolute atomic E-state index is 12.9. The highest BCUT2D eigenvalue weighted by Gasteiger charge is 2.76. The zero-order valence-corrected chi connectivity index (χ0v) is 24.1. The molecule has 5 N–H and O–H groups in total. The number of carboxylic acid groups (broad SMARTS) is 1. The molecule has 0 spiro atoms. The van der Waals surface area contributed by atoms with Crippen molar-refractivity contribution in [3.8, 4) is 0 Å². The van der Waals surface area contributed by atoms with Crippen molar-refractivity contribution < 1.29 is 30.3 Å². The van der Waals surface area contributed by atoms with Crippen molar-refractivity contribution in [1.29, 1.82) is 0 Å². The molecule has 37 heavy (non-hydrogen) atoms. The first-order chi connectivity index (χ1) is 16.8. The molecule has 5 rings (SSSR count). The van der Waals surface area contributed by atoms with Gasteiger partial charge in [-0.25, -0.2) is 0 Å². The van der Waals surface area contributed by atoms with Crippen molar-refractivity contribution >= 4 is 5.97 Å². The average molecular weight is 519 g/mol. The van der Waals surface area contributed by atoms with Crippen molar-refractivity contribution in [1.82, 2.24) is 0 Å². The van der Waals surface area contributed by atoms with Crippen LogP contribution in [0.15, 0.2) is 11.6 Å². The van der Waals surface area contributed by atoms with E-state index in [4.69, 9.17) is 0 Å². The van der Waals surface area contributed by atoms with Gasteiger partial charge in [-0.1, -0.05) is 60.1 Å². The van der Waals surface area contributed by atoms with Gasteiger partial charge in [0, 0.05) is 11.3 Å². The third-order valence-corrected chi connectivity index (χ3v) is 14.7. The molecule has 0 unspecified atom stereocenters. The smallest absolute Gasteiger partial charge is 0.310 e. The lowest BCUT2D eigenvalue weighted by Crippen LogP contribution is -2.76. The first-order valence-corrected chi connectivity index (χ1v) is 14.5. The highest BCUT2D eigenvalue weighted by atomic mass is 16.4. The Morgan fingerprint density at radius 2 is 1.51 bits per heavy atom. The van der Waals surface area contributed by atoms with Crippen LogP contribution in [0.4, 0.5) is 0 Å². The van der Waals surface area contributed by atoms with Crippen LogP contribution < -0.4 is 0 Å². The van der Waals surface area contributed by atoms with Gasteiger partial charge in [0.25, 0.3) is 0 Å². The fourth-order valence-corrected chi connectivity index (χ4v) is 11.1. The van der Waals surface area contributed by atoms with Crippen LogP contribution >= 0.6 is 0 Å². The van der Waals surface area contributed by atoms with Crippen LogP contribution in [0.3, 0.4) is 0 Å². The minimum absolute atomic E-state index is 0.00326. The molecule has 0 aliphatic heterocycles. The largest absolute Gasteiger partial charge is 0.481 e. The average Bonchev–Trinajstić information content (AvgIpc) is 2.82. The summed E-state index contributed by atoms with van der Waals surface area (Å²) in [5.74, 6) is -1.19. The van der Waals surface area contributed by atoms with Crippen molar-refractivity contribution in [2.45, 2.75) is 124 Å². The van der Waals surface area contributed by atoms with E-state index in [0.717, 1.165) is 24.8 Å². The standard InChI is InChI=1S/C31H50O6/c1-17-11-12-31(24(35)36)16-14-26(4)18(21(31)30(17,8)37)9-10-19-27(26,5)13-15-28(6)25(2,3)22(33)20(32)23(34)29(19,28)7/h9,17,19-23,32-34,37H,10-16H2,1-8H3,(H,35,36)/t17-,19+,20+,21-,22-,23-,26-,27-,28+,29+,30-,31+/m1/s1. The SMILES string of the molecule is C[C@@H]1CC[C@]2(C(=O)O)CC[C@]3(C)C(=CC[C@@H]4[C@@]5(C)[C@H](O)[C@@H](O)[C@@H](O)C(C)(C)[C@]5(C)CC[C@]43C)[C@@H]2[C@]1(C)O. The van der Waals surface area contributed by atoms with Crippen molar-refractivity contribution in [3.63, 3.8) is 0 Å². The Labute approximate surface area is 222 Å². The normalized spacial score (nSPS) is 58.8.